The number of aromatic nitrogens is 2. The van der Waals surface area contributed by atoms with Gasteiger partial charge in [-0.3, -0.25) is 4.90 Å². The molecule has 0 radical (unpaired) electrons. The summed E-state index contributed by atoms with van der Waals surface area (Å²) < 4.78 is 18.0. The average molecular weight is 185 g/mol. The van der Waals surface area contributed by atoms with E-state index in [9.17, 15) is 4.39 Å². The molecule has 0 spiro atoms. The van der Waals surface area contributed by atoms with E-state index in [1.54, 1.807) is 6.92 Å². The first-order valence-corrected chi connectivity index (χ1v) is 4.31. The van der Waals surface area contributed by atoms with E-state index in [0.29, 0.717) is 24.7 Å². The molecule has 0 N–H and O–H groups in total. The van der Waals surface area contributed by atoms with Gasteiger partial charge in [0.05, 0.1) is 6.04 Å². The summed E-state index contributed by atoms with van der Waals surface area (Å²) >= 11 is 0. The Balaban J connectivity index is 2.17. The summed E-state index contributed by atoms with van der Waals surface area (Å²) in [7, 11) is 1.86. The van der Waals surface area contributed by atoms with Gasteiger partial charge in [-0.2, -0.15) is 4.98 Å². The molecule has 2 heterocycles. The average Bonchev–Trinajstić information content (AvgIpc) is 2.58. The van der Waals surface area contributed by atoms with Crippen LogP contribution in [0.2, 0.25) is 0 Å². The molecule has 0 aliphatic carbocycles. The van der Waals surface area contributed by atoms with Crippen molar-refractivity contribution in [2.75, 3.05) is 13.6 Å². The van der Waals surface area contributed by atoms with Crippen LogP contribution in [0.15, 0.2) is 4.52 Å². The Labute approximate surface area is 75.7 Å². The zero-order chi connectivity index (χ0) is 9.42. The van der Waals surface area contributed by atoms with Gasteiger partial charge in [0.2, 0.25) is 5.89 Å². The zero-order valence-electron chi connectivity index (χ0n) is 7.70. The fourth-order valence-electron chi connectivity index (χ4n) is 1.67. The molecule has 2 atom stereocenters. The molecule has 0 amide bonds. The number of rotatable bonds is 1. The summed E-state index contributed by atoms with van der Waals surface area (Å²) in [5, 5.41) is 3.69. The highest BCUT2D eigenvalue weighted by molar-refractivity contribution is 4.97. The molecule has 5 heteroatoms. The van der Waals surface area contributed by atoms with Crippen LogP contribution >= 0.6 is 0 Å². The number of hydrogen-bond acceptors (Lipinski definition) is 4. The number of aryl methyl sites for hydroxylation is 1. The van der Waals surface area contributed by atoms with Gasteiger partial charge in [-0.15, -0.1) is 0 Å². The van der Waals surface area contributed by atoms with Crippen LogP contribution in [0.1, 0.15) is 24.2 Å². The first-order chi connectivity index (χ1) is 6.16. The molecule has 2 rings (SSSR count). The van der Waals surface area contributed by atoms with Gasteiger partial charge >= 0.3 is 0 Å². The molecule has 1 aromatic rings. The Morgan fingerprint density at radius 1 is 1.62 bits per heavy atom. The van der Waals surface area contributed by atoms with Crippen molar-refractivity contribution in [2.45, 2.75) is 25.6 Å². The second-order valence-corrected chi connectivity index (χ2v) is 3.47. The minimum absolute atomic E-state index is 0.0452. The molecule has 1 fully saturated rings. The first-order valence-electron chi connectivity index (χ1n) is 4.31. The second kappa shape index (κ2) is 3.06. The molecule has 0 saturated carbocycles. The lowest BCUT2D eigenvalue weighted by atomic mass is 10.2. The van der Waals surface area contributed by atoms with Crippen molar-refractivity contribution in [3.8, 4) is 0 Å². The van der Waals surface area contributed by atoms with E-state index >= 15 is 0 Å². The fourth-order valence-corrected chi connectivity index (χ4v) is 1.67. The molecule has 72 valence electrons. The summed E-state index contributed by atoms with van der Waals surface area (Å²) in [6.45, 7) is 2.21. The highest BCUT2D eigenvalue weighted by Crippen LogP contribution is 2.30. The molecule has 0 unspecified atom stereocenters. The van der Waals surface area contributed by atoms with Gasteiger partial charge in [-0.05, 0) is 14.0 Å². The number of hydrogen-bond donors (Lipinski definition) is 0. The van der Waals surface area contributed by atoms with Crippen molar-refractivity contribution in [3.05, 3.63) is 11.7 Å². The number of likely N-dealkylation sites (tertiary alicyclic amines) is 1. The Hall–Kier alpha value is -0.970. The van der Waals surface area contributed by atoms with E-state index in [4.69, 9.17) is 4.52 Å². The zero-order valence-corrected chi connectivity index (χ0v) is 7.70. The van der Waals surface area contributed by atoms with E-state index in [2.05, 4.69) is 10.1 Å². The van der Waals surface area contributed by atoms with Crippen molar-refractivity contribution in [1.29, 1.82) is 0 Å². The molecule has 1 saturated heterocycles. The summed E-state index contributed by atoms with van der Waals surface area (Å²) in [5.41, 5.74) is 0. The Morgan fingerprint density at radius 3 is 2.85 bits per heavy atom. The van der Waals surface area contributed by atoms with Crippen LogP contribution in [-0.4, -0.2) is 34.8 Å². The van der Waals surface area contributed by atoms with Gasteiger partial charge in [0.15, 0.2) is 5.82 Å². The summed E-state index contributed by atoms with van der Waals surface area (Å²) in [5.74, 6) is 1.13. The van der Waals surface area contributed by atoms with Crippen LogP contribution in [0, 0.1) is 6.92 Å². The lowest BCUT2D eigenvalue weighted by Gasteiger charge is -2.13. The predicted molar refractivity (Wildman–Crippen MR) is 43.9 cm³/mol. The summed E-state index contributed by atoms with van der Waals surface area (Å²) in [4.78, 5) is 5.99. The maximum Gasteiger partial charge on any atom is 0.244 e. The van der Waals surface area contributed by atoms with Crippen LogP contribution in [0.5, 0.6) is 0 Å². The topological polar surface area (TPSA) is 42.2 Å². The van der Waals surface area contributed by atoms with E-state index in [0.717, 1.165) is 0 Å². The van der Waals surface area contributed by atoms with Gasteiger partial charge in [0.1, 0.15) is 6.17 Å². The van der Waals surface area contributed by atoms with Gasteiger partial charge in [0.25, 0.3) is 0 Å². The van der Waals surface area contributed by atoms with E-state index in [-0.39, 0.29) is 6.04 Å². The molecule has 1 aromatic heterocycles. The largest absolute Gasteiger partial charge is 0.338 e. The van der Waals surface area contributed by atoms with E-state index in [1.807, 2.05) is 11.9 Å². The Bertz CT molecular complexity index is 301. The smallest absolute Gasteiger partial charge is 0.244 e. The molecule has 4 nitrogen and oxygen atoms in total. The minimum Gasteiger partial charge on any atom is -0.338 e. The van der Waals surface area contributed by atoms with Gasteiger partial charge in [-0.1, -0.05) is 5.16 Å². The number of nitrogens with zero attached hydrogens (tertiary/aromatic N) is 3. The maximum atomic E-state index is 13.0. The van der Waals surface area contributed by atoms with Crippen molar-refractivity contribution >= 4 is 0 Å². The van der Waals surface area contributed by atoms with Crippen LogP contribution in [0.3, 0.4) is 0 Å². The van der Waals surface area contributed by atoms with Crippen LogP contribution < -0.4 is 0 Å². The van der Waals surface area contributed by atoms with Crippen LogP contribution in [0.4, 0.5) is 4.39 Å². The van der Waals surface area contributed by atoms with Gasteiger partial charge in [-0.25, -0.2) is 4.39 Å². The van der Waals surface area contributed by atoms with E-state index in [1.165, 1.54) is 0 Å². The Kier molecular flexibility index (Phi) is 2.03. The predicted octanol–water partition coefficient (Wildman–Crippen LogP) is 1.09. The van der Waals surface area contributed by atoms with Crippen molar-refractivity contribution in [1.82, 2.24) is 15.0 Å². The Morgan fingerprint density at radius 2 is 2.38 bits per heavy atom. The third-order valence-corrected chi connectivity index (χ3v) is 2.33. The quantitative estimate of drug-likeness (QED) is 0.656. The normalized spacial score (nSPS) is 29.8. The standard InChI is InChI=1S/C8H12FN3O/c1-5-10-8(13-11-5)7-3-6(9)4-12(7)2/h6-7H,3-4H2,1-2H3/t6-,7-/m1/s1. The molecular weight excluding hydrogens is 173 g/mol. The highest BCUT2D eigenvalue weighted by atomic mass is 19.1. The second-order valence-electron chi connectivity index (χ2n) is 3.47. The maximum absolute atomic E-state index is 13.0. The molecule has 0 bridgehead atoms. The summed E-state index contributed by atoms with van der Waals surface area (Å²) in [6.07, 6.45) is -0.319. The van der Waals surface area contributed by atoms with Gasteiger partial charge in [0, 0.05) is 13.0 Å². The molecular formula is C8H12FN3O. The van der Waals surface area contributed by atoms with Gasteiger partial charge < -0.3 is 4.52 Å². The molecule has 1 aliphatic rings. The third kappa shape index (κ3) is 1.56. The lowest BCUT2D eigenvalue weighted by molar-refractivity contribution is 0.243. The SMILES string of the molecule is Cc1noc([C@H]2C[C@@H](F)CN2C)n1. The molecule has 13 heavy (non-hydrogen) atoms. The minimum atomic E-state index is -0.776. The number of alkyl halides is 1. The first kappa shape index (κ1) is 8.62. The van der Waals surface area contributed by atoms with Crippen LogP contribution in [-0.2, 0) is 0 Å². The lowest BCUT2D eigenvalue weighted by Crippen LogP contribution is -2.18. The summed E-state index contributed by atoms with van der Waals surface area (Å²) in [6, 6.07) is -0.0452. The third-order valence-electron chi connectivity index (χ3n) is 2.33. The number of halogens is 1. The monoisotopic (exact) mass is 185 g/mol. The van der Waals surface area contributed by atoms with Crippen molar-refractivity contribution < 1.29 is 8.91 Å². The van der Waals surface area contributed by atoms with Crippen molar-refractivity contribution in [3.63, 3.8) is 0 Å². The fraction of sp³-hybridized carbons (Fsp3) is 0.750. The van der Waals surface area contributed by atoms with E-state index < -0.39 is 6.17 Å². The van der Waals surface area contributed by atoms with Crippen molar-refractivity contribution in [2.24, 2.45) is 0 Å². The molecule has 0 aromatic carbocycles. The van der Waals surface area contributed by atoms with Crippen LogP contribution in [0.25, 0.3) is 0 Å². The highest BCUT2D eigenvalue weighted by Gasteiger charge is 2.34. The molecule has 1 aliphatic heterocycles.